The Hall–Kier alpha value is -0.730. The van der Waals surface area contributed by atoms with Crippen LogP contribution in [0.25, 0.3) is 0 Å². The highest BCUT2D eigenvalue weighted by molar-refractivity contribution is 6.30. The maximum atomic E-state index is 12.2. The van der Waals surface area contributed by atoms with Crippen LogP contribution in [0.5, 0.6) is 0 Å². The maximum Gasteiger partial charge on any atom is 0.224 e. The predicted octanol–water partition coefficient (Wildman–Crippen LogP) is 4.19. The van der Waals surface area contributed by atoms with Crippen LogP contribution in [-0.2, 0) is 11.2 Å². The normalized spacial score (nSPS) is 26.2. The number of amides is 1. The number of halogens is 2. The van der Waals surface area contributed by atoms with Crippen LogP contribution in [0.1, 0.15) is 38.2 Å². The fourth-order valence-electron chi connectivity index (χ4n) is 2.78. The number of alkyl halides is 1. The van der Waals surface area contributed by atoms with Gasteiger partial charge in [-0.2, -0.15) is 0 Å². The molecule has 1 aliphatic carbocycles. The molecule has 0 unspecified atom stereocenters. The summed E-state index contributed by atoms with van der Waals surface area (Å²) in [5.41, 5.74) is 0.716. The Balaban J connectivity index is 1.96. The fourth-order valence-corrected chi connectivity index (χ4v) is 3.33. The molecule has 0 atom stereocenters. The summed E-state index contributed by atoms with van der Waals surface area (Å²) in [5.74, 6) is 1.25. The van der Waals surface area contributed by atoms with Gasteiger partial charge in [0.15, 0.2) is 0 Å². The minimum atomic E-state index is -0.219. The molecular formula is C16H21Cl2NO. The van der Waals surface area contributed by atoms with Crippen LogP contribution in [0.3, 0.4) is 0 Å². The van der Waals surface area contributed by atoms with Crippen LogP contribution in [0.15, 0.2) is 24.3 Å². The van der Waals surface area contributed by atoms with Gasteiger partial charge in [-0.1, -0.05) is 30.7 Å². The summed E-state index contributed by atoms with van der Waals surface area (Å²) in [6.45, 7) is 2.26. The number of nitrogens with one attached hydrogen (secondary N) is 1. The molecule has 0 heterocycles. The third-order valence-electron chi connectivity index (χ3n) is 4.15. The number of carbonyl (C=O) groups is 1. The Bertz CT molecular complexity index is 467. The monoisotopic (exact) mass is 313 g/mol. The molecule has 1 aliphatic rings. The average molecular weight is 314 g/mol. The maximum absolute atomic E-state index is 12.2. The standard InChI is InChI=1S/C16H21Cl2NO/c1-12-5-7-16(11-17,8-6-12)19-15(20)10-13-3-2-4-14(18)9-13/h2-4,9,12H,5-8,10-11H2,1H3,(H,19,20). The first-order valence-corrected chi connectivity index (χ1v) is 8.06. The summed E-state index contributed by atoms with van der Waals surface area (Å²) in [5, 5.41) is 3.82. The predicted molar refractivity (Wildman–Crippen MR) is 84.4 cm³/mol. The molecule has 2 nitrogen and oxygen atoms in total. The zero-order valence-corrected chi connectivity index (χ0v) is 13.3. The molecule has 4 heteroatoms. The molecular weight excluding hydrogens is 293 g/mol. The van der Waals surface area contributed by atoms with Gasteiger partial charge < -0.3 is 5.32 Å². The van der Waals surface area contributed by atoms with Crippen LogP contribution in [0.2, 0.25) is 5.02 Å². The third kappa shape index (κ3) is 4.13. The Morgan fingerprint density at radius 2 is 2.10 bits per heavy atom. The van der Waals surface area contributed by atoms with Crippen molar-refractivity contribution in [2.75, 3.05) is 5.88 Å². The second kappa shape index (κ2) is 6.82. The zero-order chi connectivity index (χ0) is 14.6. The van der Waals surface area contributed by atoms with Gasteiger partial charge >= 0.3 is 0 Å². The molecule has 0 aliphatic heterocycles. The minimum absolute atomic E-state index is 0.0301. The molecule has 0 bridgehead atoms. The second-order valence-electron chi connectivity index (χ2n) is 5.95. The van der Waals surface area contributed by atoms with Gasteiger partial charge in [-0.15, -0.1) is 11.6 Å². The molecule has 0 aromatic heterocycles. The van der Waals surface area contributed by atoms with Gasteiger partial charge in [0, 0.05) is 10.9 Å². The van der Waals surface area contributed by atoms with E-state index in [1.54, 1.807) is 0 Å². The van der Waals surface area contributed by atoms with E-state index in [0.29, 0.717) is 17.3 Å². The van der Waals surface area contributed by atoms with E-state index in [2.05, 4.69) is 12.2 Å². The second-order valence-corrected chi connectivity index (χ2v) is 6.66. The third-order valence-corrected chi connectivity index (χ3v) is 4.89. The molecule has 0 spiro atoms. The van der Waals surface area contributed by atoms with Crippen LogP contribution in [0.4, 0.5) is 0 Å². The lowest BCUT2D eigenvalue weighted by Crippen LogP contribution is -2.52. The van der Waals surface area contributed by atoms with E-state index in [9.17, 15) is 4.79 Å². The van der Waals surface area contributed by atoms with Crippen molar-refractivity contribution in [3.63, 3.8) is 0 Å². The number of hydrogen-bond acceptors (Lipinski definition) is 1. The molecule has 20 heavy (non-hydrogen) atoms. The van der Waals surface area contributed by atoms with Gasteiger partial charge in [0.25, 0.3) is 0 Å². The molecule has 1 aromatic carbocycles. The Kier molecular flexibility index (Phi) is 5.34. The van der Waals surface area contributed by atoms with Crippen LogP contribution < -0.4 is 5.32 Å². The SMILES string of the molecule is CC1CCC(CCl)(NC(=O)Cc2cccc(Cl)c2)CC1. The van der Waals surface area contributed by atoms with Crippen molar-refractivity contribution in [2.24, 2.45) is 5.92 Å². The van der Waals surface area contributed by atoms with Crippen molar-refractivity contribution in [2.45, 2.75) is 44.6 Å². The molecule has 2 rings (SSSR count). The lowest BCUT2D eigenvalue weighted by atomic mass is 9.78. The number of benzene rings is 1. The van der Waals surface area contributed by atoms with Crippen molar-refractivity contribution in [3.8, 4) is 0 Å². The van der Waals surface area contributed by atoms with Crippen LogP contribution >= 0.6 is 23.2 Å². The van der Waals surface area contributed by atoms with Crippen molar-refractivity contribution < 1.29 is 4.79 Å². The highest BCUT2D eigenvalue weighted by Crippen LogP contribution is 2.32. The van der Waals surface area contributed by atoms with E-state index in [1.165, 1.54) is 0 Å². The fraction of sp³-hybridized carbons (Fsp3) is 0.562. The number of rotatable bonds is 4. The Morgan fingerprint density at radius 3 is 2.70 bits per heavy atom. The summed E-state index contributed by atoms with van der Waals surface area (Å²) in [4.78, 5) is 12.2. The molecule has 1 saturated carbocycles. The molecule has 1 fully saturated rings. The largest absolute Gasteiger partial charge is 0.349 e. The van der Waals surface area contributed by atoms with Crippen molar-refractivity contribution in [3.05, 3.63) is 34.9 Å². The Morgan fingerprint density at radius 1 is 1.40 bits per heavy atom. The van der Waals surface area contributed by atoms with Crippen LogP contribution in [-0.4, -0.2) is 17.3 Å². The minimum Gasteiger partial charge on any atom is -0.349 e. The van der Waals surface area contributed by atoms with Crippen molar-refractivity contribution in [1.82, 2.24) is 5.32 Å². The van der Waals surface area contributed by atoms with E-state index < -0.39 is 0 Å². The topological polar surface area (TPSA) is 29.1 Å². The van der Waals surface area contributed by atoms with E-state index in [-0.39, 0.29) is 11.4 Å². The average Bonchev–Trinajstić information content (AvgIpc) is 2.41. The van der Waals surface area contributed by atoms with Crippen LogP contribution in [0, 0.1) is 5.92 Å². The quantitative estimate of drug-likeness (QED) is 0.830. The zero-order valence-electron chi connectivity index (χ0n) is 11.8. The van der Waals surface area contributed by atoms with Gasteiger partial charge in [0.1, 0.15) is 0 Å². The number of carbonyl (C=O) groups excluding carboxylic acids is 1. The van der Waals surface area contributed by atoms with Gasteiger partial charge in [0.2, 0.25) is 5.91 Å². The smallest absolute Gasteiger partial charge is 0.224 e. The Labute approximate surface area is 130 Å². The first kappa shape index (κ1) is 15.7. The summed E-state index contributed by atoms with van der Waals surface area (Å²) in [6.07, 6.45) is 4.56. The summed E-state index contributed by atoms with van der Waals surface area (Å²) >= 11 is 12.1. The van der Waals surface area contributed by atoms with E-state index >= 15 is 0 Å². The molecule has 1 N–H and O–H groups in total. The van der Waals surface area contributed by atoms with Gasteiger partial charge in [-0.25, -0.2) is 0 Å². The molecule has 0 saturated heterocycles. The number of hydrogen-bond donors (Lipinski definition) is 1. The summed E-state index contributed by atoms with van der Waals surface area (Å²) in [7, 11) is 0. The first-order valence-electron chi connectivity index (χ1n) is 7.14. The van der Waals surface area contributed by atoms with E-state index in [0.717, 1.165) is 37.2 Å². The van der Waals surface area contributed by atoms with Gasteiger partial charge in [-0.3, -0.25) is 4.79 Å². The van der Waals surface area contributed by atoms with Crippen molar-refractivity contribution in [1.29, 1.82) is 0 Å². The first-order chi connectivity index (χ1) is 9.53. The lowest BCUT2D eigenvalue weighted by Gasteiger charge is -2.38. The highest BCUT2D eigenvalue weighted by atomic mass is 35.5. The highest BCUT2D eigenvalue weighted by Gasteiger charge is 2.34. The van der Waals surface area contributed by atoms with Gasteiger partial charge in [-0.05, 0) is 49.3 Å². The van der Waals surface area contributed by atoms with Gasteiger partial charge in [0.05, 0.1) is 12.0 Å². The summed E-state index contributed by atoms with van der Waals surface area (Å²) in [6, 6.07) is 7.43. The molecule has 1 amide bonds. The molecule has 1 aromatic rings. The lowest BCUT2D eigenvalue weighted by molar-refractivity contribution is -0.122. The summed E-state index contributed by atoms with van der Waals surface area (Å²) < 4.78 is 0. The van der Waals surface area contributed by atoms with Crippen molar-refractivity contribution >= 4 is 29.1 Å². The van der Waals surface area contributed by atoms with E-state index in [1.807, 2.05) is 24.3 Å². The molecule has 0 radical (unpaired) electrons. The van der Waals surface area contributed by atoms with E-state index in [4.69, 9.17) is 23.2 Å². The molecule has 110 valence electrons.